The molecule has 6 nitrogen and oxygen atoms in total. The van der Waals surface area contributed by atoms with Crippen LogP contribution in [0.4, 0.5) is 0 Å². The van der Waals surface area contributed by atoms with E-state index < -0.39 is 15.5 Å². The number of nitrogens with zero attached hydrogens (tertiary/aromatic N) is 2. The Bertz CT molecular complexity index is 290. The van der Waals surface area contributed by atoms with E-state index in [0.717, 1.165) is 0 Å². The molecular formula is C8H17N2NaO4S. The SMILES string of the molecule is CC(N1CCN(CCO)CC1)S(=O)(=O)[O-].[Na+]. The summed E-state index contributed by atoms with van der Waals surface area (Å²) in [6, 6.07) is 0. The van der Waals surface area contributed by atoms with Crippen molar-refractivity contribution in [3.63, 3.8) is 0 Å². The van der Waals surface area contributed by atoms with E-state index >= 15 is 0 Å². The summed E-state index contributed by atoms with van der Waals surface area (Å²) in [4.78, 5) is 3.71. The maximum Gasteiger partial charge on any atom is 1.00 e. The maximum atomic E-state index is 10.8. The molecule has 0 amide bonds. The van der Waals surface area contributed by atoms with Crippen LogP contribution in [-0.2, 0) is 10.1 Å². The van der Waals surface area contributed by atoms with Gasteiger partial charge in [-0.1, -0.05) is 0 Å². The third kappa shape index (κ3) is 4.97. The molecule has 8 heteroatoms. The predicted octanol–water partition coefficient (Wildman–Crippen LogP) is -4.51. The first-order valence-electron chi connectivity index (χ1n) is 4.97. The Hall–Kier alpha value is 0.790. The van der Waals surface area contributed by atoms with Crippen molar-refractivity contribution in [1.82, 2.24) is 9.80 Å². The first-order valence-corrected chi connectivity index (χ1v) is 6.44. The molecule has 0 spiro atoms. The van der Waals surface area contributed by atoms with Gasteiger partial charge >= 0.3 is 29.6 Å². The van der Waals surface area contributed by atoms with Gasteiger partial charge in [0.25, 0.3) is 0 Å². The third-order valence-electron chi connectivity index (χ3n) is 2.76. The Kier molecular flexibility index (Phi) is 7.63. The first-order chi connectivity index (χ1) is 6.95. The average Bonchev–Trinajstić information content (AvgIpc) is 2.17. The fraction of sp³-hybridized carbons (Fsp3) is 1.00. The van der Waals surface area contributed by atoms with E-state index in [1.807, 2.05) is 4.90 Å². The third-order valence-corrected chi connectivity index (χ3v) is 3.89. The standard InChI is InChI=1S/C8H18N2O4S.Na/c1-8(15(12,13)14)10-4-2-9(3-5-10)6-7-11;/h8,11H,2-7H2,1H3,(H,12,13,14);/q;+1/p-1. The molecule has 1 atom stereocenters. The summed E-state index contributed by atoms with van der Waals surface area (Å²) in [5.41, 5.74) is 0. The van der Waals surface area contributed by atoms with Gasteiger partial charge in [-0.25, -0.2) is 8.42 Å². The second kappa shape index (κ2) is 7.27. The molecule has 0 aliphatic carbocycles. The summed E-state index contributed by atoms with van der Waals surface area (Å²) in [5.74, 6) is 0. The van der Waals surface area contributed by atoms with Crippen molar-refractivity contribution in [2.24, 2.45) is 0 Å². The van der Waals surface area contributed by atoms with Gasteiger partial charge in [0.2, 0.25) is 0 Å². The predicted molar refractivity (Wildman–Crippen MR) is 54.3 cm³/mol. The average molecular weight is 260 g/mol. The van der Waals surface area contributed by atoms with Gasteiger partial charge in [-0.3, -0.25) is 9.80 Å². The molecule has 1 unspecified atom stereocenters. The molecule has 0 aromatic heterocycles. The zero-order valence-electron chi connectivity index (χ0n) is 9.79. The van der Waals surface area contributed by atoms with Crippen LogP contribution >= 0.6 is 0 Å². The Morgan fingerprint density at radius 3 is 2.19 bits per heavy atom. The van der Waals surface area contributed by atoms with Crippen molar-refractivity contribution in [3.05, 3.63) is 0 Å². The van der Waals surface area contributed by atoms with Crippen molar-refractivity contribution in [1.29, 1.82) is 0 Å². The smallest absolute Gasteiger partial charge is 0.747 e. The van der Waals surface area contributed by atoms with Crippen molar-refractivity contribution >= 4 is 10.1 Å². The Morgan fingerprint density at radius 2 is 1.81 bits per heavy atom. The van der Waals surface area contributed by atoms with Gasteiger partial charge in [0.05, 0.1) is 12.0 Å². The summed E-state index contributed by atoms with van der Waals surface area (Å²) < 4.78 is 32.4. The largest absolute Gasteiger partial charge is 1.00 e. The van der Waals surface area contributed by atoms with E-state index in [-0.39, 0.29) is 36.2 Å². The van der Waals surface area contributed by atoms with Gasteiger partial charge in [0, 0.05) is 32.7 Å². The number of β-amino-alcohol motifs (C(OH)–C–C–N with tert-alkyl or cyclic N) is 1. The van der Waals surface area contributed by atoms with Gasteiger partial charge in [-0.2, -0.15) is 0 Å². The van der Waals surface area contributed by atoms with Crippen LogP contribution in [0.2, 0.25) is 0 Å². The van der Waals surface area contributed by atoms with Crippen LogP contribution in [0.25, 0.3) is 0 Å². The van der Waals surface area contributed by atoms with Gasteiger partial charge < -0.3 is 9.66 Å². The summed E-state index contributed by atoms with van der Waals surface area (Å²) in [5, 5.41) is 7.77. The zero-order chi connectivity index (χ0) is 11.5. The van der Waals surface area contributed by atoms with Crippen LogP contribution in [0, 0.1) is 0 Å². The van der Waals surface area contributed by atoms with E-state index in [2.05, 4.69) is 0 Å². The topological polar surface area (TPSA) is 83.9 Å². The molecule has 1 aliphatic heterocycles. The molecule has 0 saturated carbocycles. The molecular weight excluding hydrogens is 243 g/mol. The Morgan fingerprint density at radius 1 is 1.31 bits per heavy atom. The van der Waals surface area contributed by atoms with E-state index in [0.29, 0.717) is 32.7 Å². The van der Waals surface area contributed by atoms with Gasteiger partial charge in [-0.05, 0) is 6.92 Å². The molecule has 90 valence electrons. The molecule has 1 saturated heterocycles. The number of piperazine rings is 1. The van der Waals surface area contributed by atoms with Gasteiger partial charge in [0.15, 0.2) is 0 Å². The Balaban J connectivity index is 0.00000225. The molecule has 0 radical (unpaired) electrons. The fourth-order valence-corrected chi connectivity index (χ4v) is 2.25. The normalized spacial score (nSPS) is 21.4. The summed E-state index contributed by atoms with van der Waals surface area (Å²) in [6.45, 7) is 4.64. The monoisotopic (exact) mass is 260 g/mol. The molecule has 0 bridgehead atoms. The molecule has 0 aromatic carbocycles. The van der Waals surface area contributed by atoms with Gasteiger partial charge in [0.1, 0.15) is 10.1 Å². The van der Waals surface area contributed by atoms with E-state index in [9.17, 15) is 13.0 Å². The Labute approximate surface area is 119 Å². The van der Waals surface area contributed by atoms with E-state index in [4.69, 9.17) is 5.11 Å². The van der Waals surface area contributed by atoms with Crippen LogP contribution in [0.3, 0.4) is 0 Å². The minimum absolute atomic E-state index is 0. The molecule has 1 fully saturated rings. The number of aliphatic hydroxyl groups excluding tert-OH is 1. The minimum Gasteiger partial charge on any atom is -0.747 e. The van der Waals surface area contributed by atoms with E-state index in [1.54, 1.807) is 4.90 Å². The van der Waals surface area contributed by atoms with Crippen LogP contribution < -0.4 is 29.6 Å². The molecule has 1 heterocycles. The zero-order valence-corrected chi connectivity index (χ0v) is 12.6. The second-order valence-corrected chi connectivity index (χ2v) is 5.36. The van der Waals surface area contributed by atoms with Crippen LogP contribution in [0.5, 0.6) is 0 Å². The van der Waals surface area contributed by atoms with Gasteiger partial charge in [-0.15, -0.1) is 0 Å². The second-order valence-electron chi connectivity index (χ2n) is 3.69. The molecule has 1 aliphatic rings. The van der Waals surface area contributed by atoms with Crippen molar-refractivity contribution in [2.75, 3.05) is 39.3 Å². The molecule has 1 rings (SSSR count). The molecule has 1 N–H and O–H groups in total. The van der Waals surface area contributed by atoms with Crippen LogP contribution in [0.1, 0.15) is 6.92 Å². The summed E-state index contributed by atoms with van der Waals surface area (Å²) in [7, 11) is -4.22. The van der Waals surface area contributed by atoms with Crippen molar-refractivity contribution in [3.8, 4) is 0 Å². The van der Waals surface area contributed by atoms with Crippen molar-refractivity contribution < 1.29 is 47.6 Å². The number of rotatable bonds is 4. The molecule has 16 heavy (non-hydrogen) atoms. The van der Waals surface area contributed by atoms with Crippen molar-refractivity contribution in [2.45, 2.75) is 12.3 Å². The summed E-state index contributed by atoms with van der Waals surface area (Å²) in [6.07, 6.45) is 0. The molecule has 0 aromatic rings. The number of hydrogen-bond donors (Lipinski definition) is 1. The van der Waals surface area contributed by atoms with Crippen LogP contribution in [-0.4, -0.2) is 72.6 Å². The van der Waals surface area contributed by atoms with E-state index in [1.165, 1.54) is 6.92 Å². The quantitative estimate of drug-likeness (QED) is 0.405. The van der Waals surface area contributed by atoms with Crippen LogP contribution in [0.15, 0.2) is 0 Å². The minimum atomic E-state index is -4.22. The first kappa shape index (κ1) is 16.8. The fourth-order valence-electron chi connectivity index (χ4n) is 1.67. The number of hydrogen-bond acceptors (Lipinski definition) is 6. The summed E-state index contributed by atoms with van der Waals surface area (Å²) >= 11 is 0. The number of aliphatic hydroxyl groups is 1. The maximum absolute atomic E-state index is 10.8.